The van der Waals surface area contributed by atoms with Crippen molar-refractivity contribution in [2.75, 3.05) is 13.2 Å². The highest BCUT2D eigenvalue weighted by Crippen LogP contribution is 2.26. The van der Waals surface area contributed by atoms with E-state index in [4.69, 9.17) is 9.47 Å². The smallest absolute Gasteiger partial charge is 0.137 e. The highest BCUT2D eigenvalue weighted by atomic mass is 16.5. The summed E-state index contributed by atoms with van der Waals surface area (Å²) in [5.74, 6) is 0.436. The molecule has 0 aliphatic heterocycles. The molecule has 3 rings (SSSR count). The maximum atomic E-state index is 13.4. The van der Waals surface area contributed by atoms with Gasteiger partial charge in [-0.1, -0.05) is 105 Å². The van der Waals surface area contributed by atoms with E-state index in [0.717, 1.165) is 17.5 Å². The number of hydrogen-bond acceptors (Lipinski definition) is 3. The number of carbonyl (C=O) groups is 1. The minimum atomic E-state index is -0.0970. The highest BCUT2D eigenvalue weighted by molar-refractivity contribution is 5.81. The SMILES string of the molecule is C[C@H](COCc1ccccc1)C(C(=O)CCc1ccccc1)[C@@H](C)COCc1ccccc1. The van der Waals surface area contributed by atoms with Crippen molar-refractivity contribution in [3.8, 4) is 0 Å². The molecule has 0 N–H and O–H groups in total. The largest absolute Gasteiger partial charge is 0.376 e. The Morgan fingerprint density at radius 2 is 1.03 bits per heavy atom. The van der Waals surface area contributed by atoms with E-state index in [0.29, 0.717) is 38.6 Å². The fraction of sp³-hybridized carbons (Fsp3) is 0.367. The number of benzene rings is 3. The summed E-state index contributed by atoms with van der Waals surface area (Å²) in [6.45, 7) is 6.50. The van der Waals surface area contributed by atoms with Crippen LogP contribution in [0.3, 0.4) is 0 Å². The predicted molar refractivity (Wildman–Crippen MR) is 134 cm³/mol. The molecule has 3 aromatic rings. The maximum Gasteiger partial charge on any atom is 0.137 e. The highest BCUT2D eigenvalue weighted by Gasteiger charge is 2.30. The van der Waals surface area contributed by atoms with Gasteiger partial charge in [0, 0.05) is 12.3 Å². The Morgan fingerprint density at radius 3 is 1.45 bits per heavy atom. The summed E-state index contributed by atoms with van der Waals surface area (Å²) in [4.78, 5) is 13.4. The first-order chi connectivity index (χ1) is 16.1. The summed E-state index contributed by atoms with van der Waals surface area (Å²) in [5, 5.41) is 0. The topological polar surface area (TPSA) is 35.5 Å². The predicted octanol–water partition coefficient (Wildman–Crippen LogP) is 6.51. The molecule has 3 heteroatoms. The Morgan fingerprint density at radius 1 is 0.636 bits per heavy atom. The second kappa shape index (κ2) is 13.7. The minimum Gasteiger partial charge on any atom is -0.376 e. The van der Waals surface area contributed by atoms with E-state index in [-0.39, 0.29) is 17.8 Å². The minimum absolute atomic E-state index is 0.0970. The van der Waals surface area contributed by atoms with Crippen LogP contribution in [0.2, 0.25) is 0 Å². The third-order valence-corrected chi connectivity index (χ3v) is 6.09. The molecule has 3 atom stereocenters. The van der Waals surface area contributed by atoms with Crippen LogP contribution in [-0.2, 0) is 33.9 Å². The van der Waals surface area contributed by atoms with Crippen molar-refractivity contribution < 1.29 is 14.3 Å². The summed E-state index contributed by atoms with van der Waals surface area (Å²) in [6.07, 6.45) is 1.31. The summed E-state index contributed by atoms with van der Waals surface area (Å²) < 4.78 is 12.0. The average Bonchev–Trinajstić information content (AvgIpc) is 2.85. The zero-order valence-electron chi connectivity index (χ0n) is 19.9. The van der Waals surface area contributed by atoms with Gasteiger partial charge in [-0.2, -0.15) is 0 Å². The van der Waals surface area contributed by atoms with Crippen LogP contribution in [0.4, 0.5) is 0 Å². The second-order valence-corrected chi connectivity index (χ2v) is 8.93. The van der Waals surface area contributed by atoms with Crippen molar-refractivity contribution in [1.29, 1.82) is 0 Å². The van der Waals surface area contributed by atoms with Gasteiger partial charge in [-0.15, -0.1) is 0 Å². The first kappa shape index (κ1) is 24.9. The van der Waals surface area contributed by atoms with Crippen LogP contribution >= 0.6 is 0 Å². The Kier molecular flexibility index (Phi) is 10.3. The van der Waals surface area contributed by atoms with Crippen LogP contribution in [0.5, 0.6) is 0 Å². The quantitative estimate of drug-likeness (QED) is 0.284. The van der Waals surface area contributed by atoms with Crippen LogP contribution in [0.1, 0.15) is 37.0 Å². The summed E-state index contributed by atoms with van der Waals surface area (Å²) in [5.41, 5.74) is 3.50. The van der Waals surface area contributed by atoms with E-state index in [1.54, 1.807) is 0 Å². The Balaban J connectivity index is 1.57. The van der Waals surface area contributed by atoms with Crippen LogP contribution in [-0.4, -0.2) is 19.0 Å². The first-order valence-corrected chi connectivity index (χ1v) is 11.9. The van der Waals surface area contributed by atoms with Gasteiger partial charge in [0.1, 0.15) is 5.78 Å². The zero-order chi connectivity index (χ0) is 23.3. The van der Waals surface area contributed by atoms with E-state index < -0.39 is 0 Å². The molecule has 174 valence electrons. The van der Waals surface area contributed by atoms with Gasteiger partial charge >= 0.3 is 0 Å². The Bertz CT molecular complexity index is 873. The summed E-state index contributed by atoms with van der Waals surface area (Å²) in [6, 6.07) is 30.6. The molecular weight excluding hydrogens is 408 g/mol. The number of aryl methyl sites for hydroxylation is 1. The average molecular weight is 445 g/mol. The standard InChI is InChI=1S/C30H36O3/c1-24(20-32-22-27-14-8-4-9-15-27)30(29(31)19-18-26-12-6-3-7-13-26)25(2)21-33-23-28-16-10-5-11-17-28/h3-17,24-25,30H,18-23H2,1-2H3/t24-,25+,30?. The molecule has 0 bridgehead atoms. The molecule has 1 unspecified atom stereocenters. The van der Waals surface area contributed by atoms with Crippen molar-refractivity contribution in [2.45, 2.75) is 39.9 Å². The molecular formula is C30H36O3. The number of Topliss-reactive ketones (excluding diaryl/α,β-unsaturated/α-hetero) is 1. The number of ether oxygens (including phenoxy) is 2. The molecule has 33 heavy (non-hydrogen) atoms. The van der Waals surface area contributed by atoms with Gasteiger partial charge in [0.2, 0.25) is 0 Å². The van der Waals surface area contributed by atoms with Gasteiger partial charge in [-0.3, -0.25) is 4.79 Å². The molecule has 0 fully saturated rings. The number of rotatable bonds is 14. The van der Waals surface area contributed by atoms with E-state index in [1.807, 2.05) is 54.6 Å². The van der Waals surface area contributed by atoms with Gasteiger partial charge < -0.3 is 9.47 Å². The van der Waals surface area contributed by atoms with Crippen molar-refractivity contribution in [1.82, 2.24) is 0 Å². The molecule has 0 amide bonds. The van der Waals surface area contributed by atoms with Crippen LogP contribution < -0.4 is 0 Å². The molecule has 0 aliphatic carbocycles. The monoisotopic (exact) mass is 444 g/mol. The Hall–Kier alpha value is -2.75. The van der Waals surface area contributed by atoms with Gasteiger partial charge in [0.05, 0.1) is 26.4 Å². The number of carbonyl (C=O) groups excluding carboxylic acids is 1. The van der Waals surface area contributed by atoms with Gasteiger partial charge in [0.25, 0.3) is 0 Å². The normalized spacial score (nSPS) is 13.9. The third kappa shape index (κ3) is 8.60. The van der Waals surface area contributed by atoms with E-state index in [9.17, 15) is 4.79 Å². The molecule has 3 aromatic carbocycles. The zero-order valence-corrected chi connectivity index (χ0v) is 19.9. The van der Waals surface area contributed by atoms with Gasteiger partial charge in [-0.05, 0) is 34.9 Å². The summed E-state index contributed by atoms with van der Waals surface area (Å²) in [7, 11) is 0. The van der Waals surface area contributed by atoms with Crippen molar-refractivity contribution in [3.63, 3.8) is 0 Å². The van der Waals surface area contributed by atoms with Crippen molar-refractivity contribution in [3.05, 3.63) is 108 Å². The molecule has 0 saturated heterocycles. The molecule has 0 heterocycles. The number of hydrogen-bond donors (Lipinski definition) is 0. The van der Waals surface area contributed by atoms with Gasteiger partial charge in [0.15, 0.2) is 0 Å². The lowest BCUT2D eigenvalue weighted by Gasteiger charge is -2.28. The van der Waals surface area contributed by atoms with E-state index in [1.165, 1.54) is 5.56 Å². The van der Waals surface area contributed by atoms with Crippen molar-refractivity contribution >= 4 is 5.78 Å². The Labute approximate surface area is 198 Å². The third-order valence-electron chi connectivity index (χ3n) is 6.09. The van der Waals surface area contributed by atoms with E-state index in [2.05, 4.69) is 50.2 Å². The van der Waals surface area contributed by atoms with Crippen LogP contribution in [0.25, 0.3) is 0 Å². The lowest BCUT2D eigenvalue weighted by atomic mass is 9.79. The molecule has 0 saturated carbocycles. The molecule has 0 aliphatic rings. The lowest BCUT2D eigenvalue weighted by molar-refractivity contribution is -0.128. The van der Waals surface area contributed by atoms with Crippen LogP contribution in [0, 0.1) is 17.8 Å². The maximum absolute atomic E-state index is 13.4. The lowest BCUT2D eigenvalue weighted by Crippen LogP contribution is -2.33. The molecule has 0 radical (unpaired) electrons. The molecule has 0 aromatic heterocycles. The molecule has 3 nitrogen and oxygen atoms in total. The fourth-order valence-corrected chi connectivity index (χ4v) is 4.36. The van der Waals surface area contributed by atoms with Gasteiger partial charge in [-0.25, -0.2) is 0 Å². The summed E-state index contributed by atoms with van der Waals surface area (Å²) >= 11 is 0. The van der Waals surface area contributed by atoms with Crippen LogP contribution in [0.15, 0.2) is 91.0 Å². The number of ketones is 1. The second-order valence-electron chi connectivity index (χ2n) is 8.93. The van der Waals surface area contributed by atoms with Crippen molar-refractivity contribution in [2.24, 2.45) is 17.8 Å². The first-order valence-electron chi connectivity index (χ1n) is 11.9. The molecule has 0 spiro atoms. The van der Waals surface area contributed by atoms with E-state index >= 15 is 0 Å². The fourth-order valence-electron chi connectivity index (χ4n) is 4.36.